The molecule has 1 aromatic carbocycles. The first-order valence-corrected chi connectivity index (χ1v) is 7.02. The quantitative estimate of drug-likeness (QED) is 0.619. The molecule has 4 heteroatoms. The molecule has 3 atom stereocenters. The summed E-state index contributed by atoms with van der Waals surface area (Å²) < 4.78 is 5.49. The molecule has 1 aromatic rings. The molecule has 0 amide bonds. The van der Waals surface area contributed by atoms with E-state index in [1.165, 1.54) is 0 Å². The van der Waals surface area contributed by atoms with Crippen LogP contribution in [0.5, 0.6) is 5.75 Å². The Morgan fingerprint density at radius 1 is 1.38 bits per heavy atom. The van der Waals surface area contributed by atoms with Crippen LogP contribution in [0, 0.1) is 5.92 Å². The fourth-order valence-corrected chi connectivity index (χ4v) is 2.27. The lowest BCUT2D eigenvalue weighted by Gasteiger charge is -2.11. The highest BCUT2D eigenvalue weighted by Gasteiger charge is 2.33. The predicted molar refractivity (Wildman–Crippen MR) is 80.0 cm³/mol. The number of aliphatic hydroxyl groups excluding tert-OH is 2. The van der Waals surface area contributed by atoms with E-state index in [4.69, 9.17) is 4.74 Å². The number of aliphatic hydroxyl groups is 2. The summed E-state index contributed by atoms with van der Waals surface area (Å²) in [6, 6.07) is 9.39. The highest BCUT2D eigenvalue weighted by Crippen LogP contribution is 2.28. The highest BCUT2D eigenvalue weighted by molar-refractivity contribution is 5.98. The van der Waals surface area contributed by atoms with Gasteiger partial charge in [0.2, 0.25) is 0 Å². The van der Waals surface area contributed by atoms with E-state index >= 15 is 0 Å². The van der Waals surface area contributed by atoms with Crippen LogP contribution in [0.2, 0.25) is 0 Å². The first-order valence-electron chi connectivity index (χ1n) is 7.02. The lowest BCUT2D eigenvalue weighted by Crippen LogP contribution is -2.14. The van der Waals surface area contributed by atoms with Crippen LogP contribution < -0.4 is 4.74 Å². The number of rotatable bonds is 6. The summed E-state index contributed by atoms with van der Waals surface area (Å²) in [6.45, 7) is 4.07. The van der Waals surface area contributed by atoms with Crippen molar-refractivity contribution in [3.05, 3.63) is 54.6 Å². The number of benzene rings is 1. The van der Waals surface area contributed by atoms with Crippen LogP contribution in [0.1, 0.15) is 12.8 Å². The first kappa shape index (κ1) is 15.5. The molecule has 21 heavy (non-hydrogen) atoms. The van der Waals surface area contributed by atoms with Crippen molar-refractivity contribution in [1.82, 2.24) is 0 Å². The molecule has 2 rings (SSSR count). The number of Topliss-reactive ketones (excluding diaryl/α,β-unsaturated/α-hetero) is 1. The molecule has 0 bridgehead atoms. The van der Waals surface area contributed by atoms with Crippen molar-refractivity contribution in [2.24, 2.45) is 5.92 Å². The zero-order valence-electron chi connectivity index (χ0n) is 11.8. The average Bonchev–Trinajstić information content (AvgIpc) is 2.71. The fraction of sp³-hybridized carbons (Fsp3) is 0.353. The van der Waals surface area contributed by atoms with E-state index in [0.717, 1.165) is 5.75 Å². The van der Waals surface area contributed by atoms with Gasteiger partial charge in [-0.25, -0.2) is 0 Å². The maximum atomic E-state index is 11.4. The molecule has 1 saturated carbocycles. The first-order chi connectivity index (χ1) is 10.1. The van der Waals surface area contributed by atoms with Crippen molar-refractivity contribution in [2.75, 3.05) is 6.61 Å². The van der Waals surface area contributed by atoms with Crippen LogP contribution in [0.4, 0.5) is 0 Å². The Morgan fingerprint density at radius 3 is 2.71 bits per heavy atom. The zero-order valence-corrected chi connectivity index (χ0v) is 11.8. The minimum absolute atomic E-state index is 0.112. The summed E-state index contributed by atoms with van der Waals surface area (Å²) in [5.41, 5.74) is 0.409. The molecule has 0 heterocycles. The van der Waals surface area contributed by atoms with Crippen LogP contribution in [-0.2, 0) is 4.79 Å². The summed E-state index contributed by atoms with van der Waals surface area (Å²) in [4.78, 5) is 11.4. The molecule has 4 nitrogen and oxygen atoms in total. The number of ether oxygens (including phenoxy) is 1. The third-order valence-corrected chi connectivity index (χ3v) is 3.54. The maximum Gasteiger partial charge on any atom is 0.161 e. The average molecular weight is 288 g/mol. The standard InChI is InChI=1S/C17H20O4/c1-12-15(17(20)11-16(12)19)8-7-13(18)9-10-21-14-5-3-2-4-6-14/h2-8,13,15,17-18,20H,1,9-11H2/b8-7+/t13-,15-,17-/m1/s1. The number of ketones is 1. The van der Waals surface area contributed by atoms with E-state index in [1.54, 1.807) is 12.2 Å². The van der Waals surface area contributed by atoms with E-state index in [2.05, 4.69) is 6.58 Å². The minimum atomic E-state index is -0.728. The second-order valence-electron chi connectivity index (χ2n) is 5.15. The molecule has 0 unspecified atom stereocenters. The van der Waals surface area contributed by atoms with Crippen LogP contribution in [-0.4, -0.2) is 34.8 Å². The summed E-state index contributed by atoms with van der Waals surface area (Å²) in [5, 5.41) is 19.6. The van der Waals surface area contributed by atoms with Gasteiger partial charge >= 0.3 is 0 Å². The second kappa shape index (κ2) is 7.20. The monoisotopic (exact) mass is 288 g/mol. The molecule has 1 aliphatic carbocycles. The molecule has 1 aliphatic rings. The van der Waals surface area contributed by atoms with Crippen molar-refractivity contribution in [1.29, 1.82) is 0 Å². The lowest BCUT2D eigenvalue weighted by molar-refractivity contribution is -0.115. The summed E-state index contributed by atoms with van der Waals surface area (Å²) in [7, 11) is 0. The van der Waals surface area contributed by atoms with Gasteiger partial charge in [-0.05, 0) is 17.7 Å². The number of carbonyl (C=O) groups excluding carboxylic acids is 1. The molecule has 0 spiro atoms. The van der Waals surface area contributed by atoms with Crippen LogP contribution in [0.25, 0.3) is 0 Å². The van der Waals surface area contributed by atoms with Crippen molar-refractivity contribution in [3.8, 4) is 5.75 Å². The second-order valence-corrected chi connectivity index (χ2v) is 5.15. The molecule has 2 N–H and O–H groups in total. The number of hydrogen-bond acceptors (Lipinski definition) is 4. The van der Waals surface area contributed by atoms with Gasteiger partial charge in [0.1, 0.15) is 5.75 Å². The van der Waals surface area contributed by atoms with Gasteiger partial charge in [0.05, 0.1) is 18.8 Å². The van der Waals surface area contributed by atoms with E-state index in [0.29, 0.717) is 18.6 Å². The minimum Gasteiger partial charge on any atom is -0.493 e. The third-order valence-electron chi connectivity index (χ3n) is 3.54. The highest BCUT2D eigenvalue weighted by atomic mass is 16.5. The Labute approximate surface area is 124 Å². The van der Waals surface area contributed by atoms with Crippen LogP contribution >= 0.6 is 0 Å². The fourth-order valence-electron chi connectivity index (χ4n) is 2.27. The van der Waals surface area contributed by atoms with Gasteiger partial charge < -0.3 is 14.9 Å². The van der Waals surface area contributed by atoms with Gasteiger partial charge in [0, 0.05) is 18.8 Å². The number of hydrogen-bond donors (Lipinski definition) is 2. The smallest absolute Gasteiger partial charge is 0.161 e. The Morgan fingerprint density at radius 2 is 2.10 bits per heavy atom. The molecule has 0 aliphatic heterocycles. The van der Waals surface area contributed by atoms with Gasteiger partial charge in [-0.3, -0.25) is 4.79 Å². The Bertz CT molecular complexity index is 521. The zero-order chi connectivity index (χ0) is 15.2. The number of para-hydroxylation sites is 1. The molecular weight excluding hydrogens is 268 g/mol. The summed E-state index contributed by atoms with van der Waals surface area (Å²) >= 11 is 0. The van der Waals surface area contributed by atoms with Crippen molar-refractivity contribution < 1.29 is 19.7 Å². The predicted octanol–water partition coefficient (Wildman–Crippen LogP) is 1.88. The van der Waals surface area contributed by atoms with Gasteiger partial charge in [-0.1, -0.05) is 36.9 Å². The summed E-state index contributed by atoms with van der Waals surface area (Å²) in [6.07, 6.45) is 2.39. The van der Waals surface area contributed by atoms with E-state index in [1.807, 2.05) is 30.3 Å². The Kier molecular flexibility index (Phi) is 5.31. The van der Waals surface area contributed by atoms with Gasteiger partial charge in [0.15, 0.2) is 5.78 Å². The Balaban J connectivity index is 1.76. The molecule has 0 radical (unpaired) electrons. The third kappa shape index (κ3) is 4.28. The summed E-state index contributed by atoms with van der Waals surface area (Å²) in [5.74, 6) is 0.264. The van der Waals surface area contributed by atoms with Crippen LogP contribution in [0.15, 0.2) is 54.6 Å². The lowest BCUT2D eigenvalue weighted by atomic mass is 10.0. The maximum absolute atomic E-state index is 11.4. The molecule has 0 saturated heterocycles. The number of carbonyl (C=O) groups is 1. The van der Waals surface area contributed by atoms with Gasteiger partial charge in [0.25, 0.3) is 0 Å². The normalized spacial score (nSPS) is 23.7. The van der Waals surface area contributed by atoms with E-state index in [-0.39, 0.29) is 18.1 Å². The van der Waals surface area contributed by atoms with E-state index in [9.17, 15) is 15.0 Å². The molecule has 1 fully saturated rings. The molecule has 112 valence electrons. The largest absolute Gasteiger partial charge is 0.493 e. The van der Waals surface area contributed by atoms with Crippen molar-refractivity contribution in [2.45, 2.75) is 25.0 Å². The van der Waals surface area contributed by atoms with Gasteiger partial charge in [-0.15, -0.1) is 0 Å². The van der Waals surface area contributed by atoms with Crippen molar-refractivity contribution >= 4 is 5.78 Å². The SMILES string of the molecule is C=C1C(=O)C[C@@H](O)[C@@H]1/C=C/[C@@H](O)CCOc1ccccc1. The van der Waals surface area contributed by atoms with Crippen molar-refractivity contribution in [3.63, 3.8) is 0 Å². The van der Waals surface area contributed by atoms with E-state index < -0.39 is 12.2 Å². The topological polar surface area (TPSA) is 66.8 Å². The molecular formula is C17H20O4. The van der Waals surface area contributed by atoms with Gasteiger partial charge in [-0.2, -0.15) is 0 Å². The molecule has 0 aromatic heterocycles. The van der Waals surface area contributed by atoms with Crippen LogP contribution in [0.3, 0.4) is 0 Å². The Hall–Kier alpha value is -1.91.